The predicted molar refractivity (Wildman–Crippen MR) is 53.2 cm³/mol. The lowest BCUT2D eigenvalue weighted by Crippen LogP contribution is -2.12. The van der Waals surface area contributed by atoms with Gasteiger partial charge in [-0.3, -0.25) is 0 Å². The summed E-state index contributed by atoms with van der Waals surface area (Å²) in [6.45, 7) is 4.35. The third-order valence-electron chi connectivity index (χ3n) is 2.01. The second-order valence-corrected chi connectivity index (χ2v) is 2.94. The SMILES string of the molecule is C=C1C=C(CN)Oc2ccccc21. The lowest BCUT2D eigenvalue weighted by atomic mass is 10.0. The van der Waals surface area contributed by atoms with E-state index >= 15 is 0 Å². The first-order valence-corrected chi connectivity index (χ1v) is 4.18. The summed E-state index contributed by atoms with van der Waals surface area (Å²) in [7, 11) is 0. The minimum absolute atomic E-state index is 0.410. The summed E-state index contributed by atoms with van der Waals surface area (Å²) >= 11 is 0. The van der Waals surface area contributed by atoms with Gasteiger partial charge in [-0.2, -0.15) is 0 Å². The highest BCUT2D eigenvalue weighted by molar-refractivity contribution is 5.78. The van der Waals surface area contributed by atoms with Crippen molar-refractivity contribution < 1.29 is 4.74 Å². The Hall–Kier alpha value is -1.54. The summed E-state index contributed by atoms with van der Waals surface area (Å²) < 4.78 is 5.53. The molecule has 0 amide bonds. The third kappa shape index (κ3) is 1.36. The molecule has 1 aliphatic heterocycles. The quantitative estimate of drug-likeness (QED) is 0.704. The van der Waals surface area contributed by atoms with Gasteiger partial charge in [-0.25, -0.2) is 0 Å². The highest BCUT2D eigenvalue weighted by Gasteiger charge is 2.12. The molecule has 0 aromatic heterocycles. The van der Waals surface area contributed by atoms with Crippen LogP contribution in [0.2, 0.25) is 0 Å². The molecule has 66 valence electrons. The van der Waals surface area contributed by atoms with Crippen molar-refractivity contribution in [3.63, 3.8) is 0 Å². The normalized spacial score (nSPS) is 14.5. The number of rotatable bonds is 1. The van der Waals surface area contributed by atoms with Gasteiger partial charge >= 0.3 is 0 Å². The molecule has 2 N–H and O–H groups in total. The van der Waals surface area contributed by atoms with E-state index in [1.807, 2.05) is 30.3 Å². The first-order valence-electron chi connectivity index (χ1n) is 4.18. The summed E-state index contributed by atoms with van der Waals surface area (Å²) in [6.07, 6.45) is 1.88. The molecule has 13 heavy (non-hydrogen) atoms. The van der Waals surface area contributed by atoms with Crippen molar-refractivity contribution in [3.8, 4) is 5.75 Å². The smallest absolute Gasteiger partial charge is 0.134 e. The van der Waals surface area contributed by atoms with E-state index in [4.69, 9.17) is 10.5 Å². The average molecular weight is 173 g/mol. The Balaban J connectivity index is 2.46. The van der Waals surface area contributed by atoms with Crippen LogP contribution in [0.15, 0.2) is 42.7 Å². The van der Waals surface area contributed by atoms with Crippen molar-refractivity contribution in [2.45, 2.75) is 0 Å². The molecule has 1 aromatic rings. The van der Waals surface area contributed by atoms with E-state index < -0.39 is 0 Å². The highest BCUT2D eigenvalue weighted by atomic mass is 16.5. The fourth-order valence-corrected chi connectivity index (χ4v) is 1.36. The van der Waals surface area contributed by atoms with Gasteiger partial charge in [-0.1, -0.05) is 24.8 Å². The van der Waals surface area contributed by atoms with Crippen molar-refractivity contribution in [3.05, 3.63) is 48.2 Å². The maximum absolute atomic E-state index is 5.53. The lowest BCUT2D eigenvalue weighted by molar-refractivity contribution is 0.413. The minimum Gasteiger partial charge on any atom is -0.460 e. The Bertz CT molecular complexity index is 379. The van der Waals surface area contributed by atoms with Gasteiger partial charge in [0.1, 0.15) is 11.5 Å². The van der Waals surface area contributed by atoms with Crippen LogP contribution in [0.3, 0.4) is 0 Å². The number of fused-ring (bicyclic) bond motifs is 1. The van der Waals surface area contributed by atoms with E-state index in [-0.39, 0.29) is 0 Å². The maximum Gasteiger partial charge on any atom is 0.134 e. The van der Waals surface area contributed by atoms with E-state index in [1.165, 1.54) is 0 Å². The van der Waals surface area contributed by atoms with Gasteiger partial charge in [0.05, 0.1) is 6.54 Å². The van der Waals surface area contributed by atoms with Crippen LogP contribution in [0.1, 0.15) is 5.56 Å². The number of benzene rings is 1. The van der Waals surface area contributed by atoms with Crippen molar-refractivity contribution in [1.29, 1.82) is 0 Å². The third-order valence-corrected chi connectivity index (χ3v) is 2.01. The Kier molecular flexibility index (Phi) is 1.91. The first-order chi connectivity index (χ1) is 6.31. The molecule has 0 unspecified atom stereocenters. The predicted octanol–water partition coefficient (Wildman–Crippen LogP) is 1.93. The molecule has 1 aliphatic rings. The number of hydrogen-bond acceptors (Lipinski definition) is 2. The largest absolute Gasteiger partial charge is 0.460 e. The Labute approximate surface area is 77.3 Å². The fourth-order valence-electron chi connectivity index (χ4n) is 1.36. The first kappa shape index (κ1) is 8.08. The van der Waals surface area contributed by atoms with E-state index in [0.29, 0.717) is 6.54 Å². The van der Waals surface area contributed by atoms with Crippen molar-refractivity contribution in [2.75, 3.05) is 6.54 Å². The van der Waals surface area contributed by atoms with Gasteiger partial charge in [0, 0.05) is 5.56 Å². The Morgan fingerprint density at radius 2 is 2.08 bits per heavy atom. The number of nitrogens with two attached hydrogens (primary N) is 1. The maximum atomic E-state index is 5.53. The van der Waals surface area contributed by atoms with Crippen LogP contribution in [0.25, 0.3) is 5.57 Å². The zero-order valence-electron chi connectivity index (χ0n) is 7.29. The van der Waals surface area contributed by atoms with Crippen molar-refractivity contribution in [1.82, 2.24) is 0 Å². The molecule has 0 saturated heterocycles. The van der Waals surface area contributed by atoms with E-state index in [2.05, 4.69) is 6.58 Å². The van der Waals surface area contributed by atoms with Gasteiger partial charge in [0.2, 0.25) is 0 Å². The van der Waals surface area contributed by atoms with Crippen LogP contribution in [-0.2, 0) is 0 Å². The molecular formula is C11H11NO. The molecular weight excluding hydrogens is 162 g/mol. The molecule has 2 heteroatoms. The zero-order valence-corrected chi connectivity index (χ0v) is 7.29. The summed E-state index contributed by atoms with van der Waals surface area (Å²) in [5.74, 6) is 1.61. The van der Waals surface area contributed by atoms with Crippen molar-refractivity contribution >= 4 is 5.57 Å². The average Bonchev–Trinajstić information content (AvgIpc) is 2.18. The van der Waals surface area contributed by atoms with E-state index in [0.717, 1.165) is 22.6 Å². The molecule has 0 spiro atoms. The van der Waals surface area contributed by atoms with Crippen LogP contribution >= 0.6 is 0 Å². The molecule has 0 atom stereocenters. The van der Waals surface area contributed by atoms with E-state index in [9.17, 15) is 0 Å². The molecule has 2 nitrogen and oxygen atoms in total. The Morgan fingerprint density at radius 1 is 1.31 bits per heavy atom. The summed E-state index contributed by atoms with van der Waals surface area (Å²) in [4.78, 5) is 0. The van der Waals surface area contributed by atoms with Crippen LogP contribution in [-0.4, -0.2) is 6.54 Å². The second kappa shape index (κ2) is 3.07. The fraction of sp³-hybridized carbons (Fsp3) is 0.0909. The number of allylic oxidation sites excluding steroid dienone is 2. The molecule has 0 saturated carbocycles. The standard InChI is InChI=1S/C11H11NO/c1-8-6-9(7-12)13-11-5-3-2-4-10(8)11/h2-6H,1,7,12H2. The molecule has 0 aliphatic carbocycles. The van der Waals surface area contributed by atoms with Gasteiger partial charge < -0.3 is 10.5 Å². The minimum atomic E-state index is 0.410. The Morgan fingerprint density at radius 3 is 2.85 bits per heavy atom. The monoisotopic (exact) mass is 173 g/mol. The van der Waals surface area contributed by atoms with Gasteiger partial charge in [0.15, 0.2) is 0 Å². The second-order valence-electron chi connectivity index (χ2n) is 2.94. The van der Waals surface area contributed by atoms with Crippen LogP contribution in [0.4, 0.5) is 0 Å². The van der Waals surface area contributed by atoms with Gasteiger partial charge in [-0.15, -0.1) is 0 Å². The number of ether oxygens (including phenoxy) is 1. The van der Waals surface area contributed by atoms with Crippen molar-refractivity contribution in [2.24, 2.45) is 5.73 Å². The summed E-state index contributed by atoms with van der Waals surface area (Å²) in [5, 5.41) is 0. The highest BCUT2D eigenvalue weighted by Crippen LogP contribution is 2.31. The molecule has 0 bridgehead atoms. The van der Waals surface area contributed by atoms with E-state index in [1.54, 1.807) is 0 Å². The zero-order chi connectivity index (χ0) is 9.26. The topological polar surface area (TPSA) is 35.2 Å². The summed E-state index contributed by atoms with van der Waals surface area (Å²) in [6, 6.07) is 7.81. The molecule has 0 radical (unpaired) electrons. The number of para-hydroxylation sites is 1. The number of hydrogen-bond donors (Lipinski definition) is 1. The van der Waals surface area contributed by atoms with Crippen LogP contribution < -0.4 is 10.5 Å². The molecule has 1 aromatic carbocycles. The van der Waals surface area contributed by atoms with Gasteiger partial charge in [-0.05, 0) is 17.7 Å². The molecule has 0 fully saturated rings. The molecule has 1 heterocycles. The van der Waals surface area contributed by atoms with Crippen LogP contribution in [0.5, 0.6) is 5.75 Å². The van der Waals surface area contributed by atoms with Crippen LogP contribution in [0, 0.1) is 0 Å². The summed E-state index contributed by atoms with van der Waals surface area (Å²) in [5.41, 5.74) is 7.49. The molecule has 2 rings (SSSR count). The van der Waals surface area contributed by atoms with Gasteiger partial charge in [0.25, 0.3) is 0 Å². The lowest BCUT2D eigenvalue weighted by Gasteiger charge is -2.18.